The molecule has 1 N–H and O–H groups in total. The van der Waals surface area contributed by atoms with Crippen molar-refractivity contribution in [3.05, 3.63) is 34.3 Å². The first-order valence-corrected chi connectivity index (χ1v) is 6.15. The van der Waals surface area contributed by atoms with Crippen LogP contribution in [0.15, 0.2) is 28.7 Å². The summed E-state index contributed by atoms with van der Waals surface area (Å²) in [6, 6.07) is 8.06. The number of β-amino-alcohol motifs (C(OH)–C–C–N with tert-alkyl or cyclic N) is 1. The average molecular weight is 284 g/mol. The van der Waals surface area contributed by atoms with E-state index in [-0.39, 0.29) is 12.3 Å². The smallest absolute Gasteiger partial charge is 0.225 e. The maximum Gasteiger partial charge on any atom is 0.225 e. The van der Waals surface area contributed by atoms with Crippen LogP contribution in [0.5, 0.6) is 0 Å². The molecule has 3 nitrogen and oxygen atoms in total. The maximum atomic E-state index is 11.4. The molecule has 1 aromatic rings. The van der Waals surface area contributed by atoms with Gasteiger partial charge in [0.25, 0.3) is 0 Å². The monoisotopic (exact) mass is 283 g/mol. The second-order valence-corrected chi connectivity index (χ2v) is 4.99. The Hall–Kier alpha value is -0.870. The molecule has 16 heavy (non-hydrogen) atoms. The number of aliphatic hydroxyl groups excluding tert-OH is 1. The van der Waals surface area contributed by atoms with Gasteiger partial charge in [-0.3, -0.25) is 4.79 Å². The number of hydrogen-bond acceptors (Lipinski definition) is 2. The van der Waals surface area contributed by atoms with Crippen LogP contribution >= 0.6 is 15.9 Å². The molecule has 86 valence electrons. The van der Waals surface area contributed by atoms with Crippen LogP contribution in [-0.2, 0) is 11.2 Å². The molecule has 0 spiro atoms. The summed E-state index contributed by atoms with van der Waals surface area (Å²) in [5.74, 6) is 0.0579. The Balaban J connectivity index is 1.90. The van der Waals surface area contributed by atoms with E-state index in [0.29, 0.717) is 13.1 Å². The van der Waals surface area contributed by atoms with Crippen LogP contribution in [0.3, 0.4) is 0 Å². The van der Waals surface area contributed by atoms with Gasteiger partial charge >= 0.3 is 0 Å². The van der Waals surface area contributed by atoms with Crippen molar-refractivity contribution in [1.82, 2.24) is 4.90 Å². The first-order chi connectivity index (χ1) is 7.65. The number of benzene rings is 1. The minimum Gasteiger partial charge on any atom is -0.391 e. The van der Waals surface area contributed by atoms with Crippen LogP contribution in [0, 0.1) is 0 Å². The summed E-state index contributed by atoms with van der Waals surface area (Å²) >= 11 is 3.42. The second kappa shape index (κ2) is 4.97. The molecular formula is C12H14BrNO2. The summed E-state index contributed by atoms with van der Waals surface area (Å²) in [7, 11) is 0. The highest BCUT2D eigenvalue weighted by Crippen LogP contribution is 2.15. The number of amides is 1. The molecule has 0 radical (unpaired) electrons. The Morgan fingerprint density at radius 2 is 2.31 bits per heavy atom. The highest BCUT2D eigenvalue weighted by atomic mass is 79.9. The summed E-state index contributed by atoms with van der Waals surface area (Å²) in [5.41, 5.74) is 1.20. The third-order valence-electron chi connectivity index (χ3n) is 2.75. The average Bonchev–Trinajstić information content (AvgIpc) is 2.54. The fourth-order valence-electron chi connectivity index (χ4n) is 1.92. The molecule has 1 amide bonds. The molecule has 4 heteroatoms. The largest absolute Gasteiger partial charge is 0.391 e. The predicted molar refractivity (Wildman–Crippen MR) is 65.0 cm³/mol. The van der Waals surface area contributed by atoms with Gasteiger partial charge in [0.05, 0.1) is 12.5 Å². The van der Waals surface area contributed by atoms with Gasteiger partial charge in [0.1, 0.15) is 0 Å². The van der Waals surface area contributed by atoms with Crippen molar-refractivity contribution in [3.63, 3.8) is 0 Å². The zero-order valence-corrected chi connectivity index (χ0v) is 10.5. The van der Waals surface area contributed by atoms with Crippen molar-refractivity contribution >= 4 is 21.8 Å². The van der Waals surface area contributed by atoms with Crippen molar-refractivity contribution in [1.29, 1.82) is 0 Å². The minimum absolute atomic E-state index is 0.0579. The number of nitrogens with zero attached hydrogens (tertiary/aromatic N) is 1. The Bertz CT molecular complexity index is 394. The Morgan fingerprint density at radius 1 is 1.50 bits per heavy atom. The number of rotatable bonds is 3. The summed E-state index contributed by atoms with van der Waals surface area (Å²) in [6.07, 6.45) is 0.631. The fraction of sp³-hybridized carbons (Fsp3) is 0.417. The van der Waals surface area contributed by atoms with Crippen LogP contribution in [-0.4, -0.2) is 35.1 Å². The molecule has 1 unspecified atom stereocenters. The summed E-state index contributed by atoms with van der Waals surface area (Å²) in [5, 5.41) is 9.34. The van der Waals surface area contributed by atoms with E-state index in [0.717, 1.165) is 10.9 Å². The van der Waals surface area contributed by atoms with Gasteiger partial charge in [0, 0.05) is 17.6 Å². The molecule has 0 aliphatic carbocycles. The molecule has 0 bridgehead atoms. The molecule has 1 aliphatic heterocycles. The van der Waals surface area contributed by atoms with Crippen molar-refractivity contribution in [2.45, 2.75) is 18.9 Å². The van der Waals surface area contributed by atoms with E-state index in [4.69, 9.17) is 0 Å². The Morgan fingerprint density at radius 3 is 2.94 bits per heavy atom. The number of carbonyl (C=O) groups excluding carboxylic acids is 1. The molecule has 1 atom stereocenters. The summed E-state index contributed by atoms with van der Waals surface area (Å²) < 4.78 is 1.05. The lowest BCUT2D eigenvalue weighted by atomic mass is 10.1. The molecule has 0 aromatic heterocycles. The van der Waals surface area contributed by atoms with E-state index >= 15 is 0 Å². The highest BCUT2D eigenvalue weighted by Gasteiger charge is 2.27. The first kappa shape index (κ1) is 11.6. The van der Waals surface area contributed by atoms with Gasteiger partial charge in [0.15, 0.2) is 0 Å². The van der Waals surface area contributed by atoms with Crippen molar-refractivity contribution < 1.29 is 9.90 Å². The van der Waals surface area contributed by atoms with E-state index in [9.17, 15) is 9.90 Å². The van der Waals surface area contributed by atoms with Gasteiger partial charge in [0.2, 0.25) is 5.91 Å². The van der Waals surface area contributed by atoms with Crippen LogP contribution < -0.4 is 0 Å². The number of likely N-dealkylation sites (tertiary alicyclic amines) is 1. The number of carbonyl (C=O) groups is 1. The van der Waals surface area contributed by atoms with Gasteiger partial charge in [-0.05, 0) is 24.1 Å². The van der Waals surface area contributed by atoms with Crippen LogP contribution in [0.25, 0.3) is 0 Å². The van der Waals surface area contributed by atoms with Gasteiger partial charge < -0.3 is 10.0 Å². The minimum atomic E-state index is -0.477. The molecule has 1 aromatic carbocycles. The van der Waals surface area contributed by atoms with E-state index in [1.165, 1.54) is 5.56 Å². The third-order valence-corrected chi connectivity index (χ3v) is 3.25. The molecule has 1 heterocycles. The lowest BCUT2D eigenvalue weighted by Gasteiger charge is -2.15. The standard InChI is InChI=1S/C12H14BrNO2/c13-10-3-1-2-9(6-10)4-5-14-8-11(15)7-12(14)16/h1-3,6,11,15H,4-5,7-8H2. The molecule has 0 saturated carbocycles. The van der Waals surface area contributed by atoms with Crippen molar-refractivity contribution in [2.24, 2.45) is 0 Å². The molecule has 1 fully saturated rings. The lowest BCUT2D eigenvalue weighted by Crippen LogP contribution is -2.28. The summed E-state index contributed by atoms with van der Waals surface area (Å²) in [4.78, 5) is 13.2. The van der Waals surface area contributed by atoms with Crippen molar-refractivity contribution in [3.8, 4) is 0 Å². The zero-order valence-electron chi connectivity index (χ0n) is 8.90. The Labute approximate surface area is 103 Å². The van der Waals surface area contributed by atoms with Crippen LogP contribution in [0.2, 0.25) is 0 Å². The van der Waals surface area contributed by atoms with E-state index < -0.39 is 6.10 Å². The maximum absolute atomic E-state index is 11.4. The van der Waals surface area contributed by atoms with E-state index in [2.05, 4.69) is 22.0 Å². The van der Waals surface area contributed by atoms with E-state index in [1.54, 1.807) is 4.90 Å². The lowest BCUT2D eigenvalue weighted by molar-refractivity contribution is -0.127. The normalized spacial score (nSPS) is 20.5. The quantitative estimate of drug-likeness (QED) is 0.915. The second-order valence-electron chi connectivity index (χ2n) is 4.08. The molecule has 1 saturated heterocycles. The first-order valence-electron chi connectivity index (χ1n) is 5.35. The Kier molecular flexibility index (Phi) is 3.61. The molecule has 1 aliphatic rings. The van der Waals surface area contributed by atoms with Gasteiger partial charge in [-0.1, -0.05) is 28.1 Å². The van der Waals surface area contributed by atoms with Crippen LogP contribution in [0.4, 0.5) is 0 Å². The summed E-state index contributed by atoms with van der Waals surface area (Å²) in [6.45, 7) is 1.17. The third kappa shape index (κ3) is 2.83. The SMILES string of the molecule is O=C1CC(O)CN1CCc1cccc(Br)c1. The van der Waals surface area contributed by atoms with Gasteiger partial charge in [-0.15, -0.1) is 0 Å². The van der Waals surface area contributed by atoms with Gasteiger partial charge in [-0.25, -0.2) is 0 Å². The predicted octanol–water partition coefficient (Wildman–Crippen LogP) is 1.58. The fourth-order valence-corrected chi connectivity index (χ4v) is 2.37. The topological polar surface area (TPSA) is 40.5 Å². The molecule has 2 rings (SSSR count). The number of aliphatic hydroxyl groups is 1. The number of halogens is 1. The number of hydrogen-bond donors (Lipinski definition) is 1. The molecular weight excluding hydrogens is 270 g/mol. The highest BCUT2D eigenvalue weighted by molar-refractivity contribution is 9.10. The van der Waals surface area contributed by atoms with Crippen LogP contribution in [0.1, 0.15) is 12.0 Å². The zero-order chi connectivity index (χ0) is 11.5. The van der Waals surface area contributed by atoms with E-state index in [1.807, 2.05) is 18.2 Å². The van der Waals surface area contributed by atoms with Crippen molar-refractivity contribution in [2.75, 3.05) is 13.1 Å². The van der Waals surface area contributed by atoms with Gasteiger partial charge in [-0.2, -0.15) is 0 Å².